The molecule has 0 amide bonds. The summed E-state index contributed by atoms with van der Waals surface area (Å²) in [6.45, 7) is 3.37. The quantitative estimate of drug-likeness (QED) is 0.0998. The van der Waals surface area contributed by atoms with Crippen molar-refractivity contribution in [1.29, 1.82) is 0 Å². The number of terminal acetylenes is 1. The zero-order chi connectivity index (χ0) is 25.1. The van der Waals surface area contributed by atoms with Crippen LogP contribution in [-0.2, 0) is 28.8 Å². The summed E-state index contributed by atoms with van der Waals surface area (Å²) in [5.74, 6) is -2.26. The van der Waals surface area contributed by atoms with Gasteiger partial charge in [-0.15, -0.1) is 5.48 Å². The summed E-state index contributed by atoms with van der Waals surface area (Å²) >= 11 is 12.1. The molecule has 1 unspecified atom stereocenters. The van der Waals surface area contributed by atoms with Crippen molar-refractivity contribution < 1.29 is 50.5 Å². The molecule has 31 heavy (non-hydrogen) atoms. The topological polar surface area (TPSA) is 129 Å². The summed E-state index contributed by atoms with van der Waals surface area (Å²) in [4.78, 5) is 27.1. The van der Waals surface area contributed by atoms with Gasteiger partial charge in [0.05, 0.1) is 20.2 Å². The predicted molar refractivity (Wildman–Crippen MR) is 154 cm³/mol. The van der Waals surface area contributed by atoms with Crippen molar-refractivity contribution in [2.45, 2.75) is 19.3 Å². The third-order valence-electron chi connectivity index (χ3n) is 2.95. The number of halogens is 5. The molecule has 0 aliphatic rings. The van der Waals surface area contributed by atoms with Crippen LogP contribution in [0.4, 0.5) is 0 Å². The predicted octanol–water partition coefficient (Wildman–Crippen LogP) is -0.270. The number of likely N-dealkylation sites (N-methyl/N-ethyl adjacent to an activating group) is 1. The molecule has 1 atom stereocenters. The Hall–Kier alpha value is 2.96. The van der Waals surface area contributed by atoms with Gasteiger partial charge in [-0.2, -0.15) is 0 Å². The first-order chi connectivity index (χ1) is 14.5. The van der Waals surface area contributed by atoms with E-state index in [-0.39, 0.29) is 25.8 Å². The second kappa shape index (κ2) is 35.1. The summed E-state index contributed by atoms with van der Waals surface area (Å²) in [7, 11) is 4.31. The number of aliphatic hydroxyl groups is 1. The monoisotopic (exact) mass is 1080 g/mol. The van der Waals surface area contributed by atoms with E-state index >= 15 is 0 Å². The molecule has 0 aliphatic carbocycles. The number of rotatable bonds is 13. The molecular weight excluding hydrogens is 1050 g/mol. The summed E-state index contributed by atoms with van der Waals surface area (Å²) in [6.07, 6.45) is 7.69. The third-order valence-corrected chi connectivity index (χ3v) is 2.95. The fraction of sp³-hybridized carbons (Fsp3) is 0.733. The molecule has 0 saturated heterocycles. The van der Waals surface area contributed by atoms with Gasteiger partial charge in [-0.05, 0) is 19.9 Å². The molecule has 0 fully saturated rings. The van der Waals surface area contributed by atoms with E-state index in [2.05, 4.69) is 110 Å². The number of carboxylic acid groups (broad SMARTS) is 2. The van der Waals surface area contributed by atoms with Crippen molar-refractivity contribution in [2.24, 2.45) is 0 Å². The molecular formula is C15H29I5N3O6V2. The van der Waals surface area contributed by atoms with Crippen LogP contribution in [0.2, 0.25) is 0 Å². The Morgan fingerprint density at radius 3 is 1.97 bits per heavy atom. The Kier molecular flexibility index (Phi) is 46.6. The first-order valence-electron chi connectivity index (χ1n) is 8.52. The number of aliphatic hydroxyl groups excluding tert-OH is 1. The van der Waals surface area contributed by atoms with Gasteiger partial charge in [0.2, 0.25) is 0 Å². The summed E-state index contributed by atoms with van der Waals surface area (Å²) in [5, 5.41) is 28.5. The van der Waals surface area contributed by atoms with Crippen molar-refractivity contribution in [3.05, 3.63) is 0 Å². The average Bonchev–Trinajstić information content (AvgIpc) is 2.65. The second-order valence-corrected chi connectivity index (χ2v) is 52.6. The van der Waals surface area contributed by atoms with Crippen LogP contribution >= 0.6 is 99.9 Å². The van der Waals surface area contributed by atoms with E-state index in [1.54, 1.807) is 11.9 Å². The second-order valence-electron chi connectivity index (χ2n) is 5.45. The van der Waals surface area contributed by atoms with Crippen molar-refractivity contribution >= 4 is 112 Å². The fourth-order valence-electron chi connectivity index (χ4n) is 1.55. The van der Waals surface area contributed by atoms with E-state index in [1.807, 2.05) is 13.2 Å². The molecule has 0 rings (SSSR count). The first-order valence-corrected chi connectivity index (χ1v) is 31.1. The molecule has 0 radical (unpaired) electrons. The number of carbonyl (C=O) groups is 2. The molecule has 0 aromatic rings. The fourth-order valence-corrected chi connectivity index (χ4v) is 1.55. The number of nitrogens with one attached hydrogen (secondary N) is 2. The zero-order valence-corrected chi connectivity index (χ0v) is 30.7. The van der Waals surface area contributed by atoms with Crippen LogP contribution in [-0.4, -0.2) is 75.4 Å². The maximum atomic E-state index is 9.98. The van der Waals surface area contributed by atoms with E-state index in [1.165, 1.54) is 4.90 Å². The molecule has 0 saturated carbocycles. The Morgan fingerprint density at radius 1 is 1.23 bits per heavy atom. The molecule has 0 aromatic heterocycles. The molecule has 0 spiro atoms. The summed E-state index contributed by atoms with van der Waals surface area (Å²) in [6, 6.07) is 0. The van der Waals surface area contributed by atoms with Gasteiger partial charge in [0.15, 0.2) is 0 Å². The zero-order valence-electron chi connectivity index (χ0n) is 18.2. The summed E-state index contributed by atoms with van der Waals surface area (Å²) in [5.41, 5.74) is 2.62. The Morgan fingerprint density at radius 2 is 1.65 bits per heavy atom. The Balaban J connectivity index is -0.000000115. The van der Waals surface area contributed by atoms with Crippen LogP contribution < -0.4 is 20.6 Å². The number of hydrogen-bond donors (Lipinski definition) is 3. The normalized spacial score (nSPS) is 10.2. The Labute approximate surface area is 253 Å². The van der Waals surface area contributed by atoms with E-state index in [4.69, 9.17) is 11.5 Å². The van der Waals surface area contributed by atoms with Crippen LogP contribution in [0.3, 0.4) is 0 Å². The standard InChI is InChI=1S/C8H16N2O2.C7H13NO4.5HI.2V/c1-3-12-9-5-4-6-10(2)7-8-11;1-8(4-2-6(9)10)5-3-7(11)12;;;;;;;/h1,9,11H,4-8H2,2H3;2-5H2,1H3,(H,9,10)(H,11,12);5*1H;;/q;;;;;;;+2;+3/p-5. The minimum absolute atomic E-state index is 0. The third kappa shape index (κ3) is 59.9. The molecule has 0 aromatic carbocycles. The molecule has 16 heteroatoms. The number of hydroxylamine groups is 1. The minimum atomic E-state index is -1.13. The molecule has 9 nitrogen and oxygen atoms in total. The van der Waals surface area contributed by atoms with E-state index < -0.39 is 11.9 Å². The first kappa shape index (κ1) is 41.1. The van der Waals surface area contributed by atoms with Gasteiger partial charge in [0, 0.05) is 38.0 Å². The van der Waals surface area contributed by atoms with Crippen LogP contribution in [0, 0.1) is 12.5 Å². The molecule has 0 bridgehead atoms. The van der Waals surface area contributed by atoms with Crippen LogP contribution in [0.1, 0.15) is 20.7 Å². The van der Waals surface area contributed by atoms with Crippen molar-refractivity contribution in [2.75, 3.05) is 53.4 Å². The summed E-state index contributed by atoms with van der Waals surface area (Å²) < 4.78 is 0. The number of carbonyl (C=O) groups excluding carboxylic acids is 2. The van der Waals surface area contributed by atoms with Gasteiger partial charge in [0.25, 0.3) is 0 Å². The van der Waals surface area contributed by atoms with E-state index in [0.717, 1.165) is 26.1 Å². The molecule has 3 N–H and O–H groups in total. The molecule has 0 heterocycles. The maximum absolute atomic E-state index is 9.98. The van der Waals surface area contributed by atoms with E-state index in [0.29, 0.717) is 22.6 Å². The van der Waals surface area contributed by atoms with Gasteiger partial charge in [-0.3, -0.25) is 0 Å². The van der Waals surface area contributed by atoms with Gasteiger partial charge in [-0.25, -0.2) is 0 Å². The van der Waals surface area contributed by atoms with E-state index in [9.17, 15) is 19.8 Å². The van der Waals surface area contributed by atoms with Gasteiger partial charge in [-0.1, -0.05) is 6.42 Å². The van der Waals surface area contributed by atoms with Crippen LogP contribution in [0.25, 0.3) is 0 Å². The van der Waals surface area contributed by atoms with Crippen LogP contribution in [0.5, 0.6) is 0 Å². The molecule has 185 valence electrons. The van der Waals surface area contributed by atoms with Gasteiger partial charge < -0.3 is 39.5 Å². The molecule has 0 aliphatic heterocycles. The van der Waals surface area contributed by atoms with Crippen LogP contribution in [0.15, 0.2) is 0 Å². The number of hydrogen-bond acceptors (Lipinski definition) is 8. The van der Waals surface area contributed by atoms with Gasteiger partial charge >= 0.3 is 116 Å². The van der Waals surface area contributed by atoms with Crippen molar-refractivity contribution in [3.63, 3.8) is 0 Å². The SMILES string of the molecule is C#CONCCC[NH+](C)CCO.CN(CCC(=O)[O-])CCC(=O)[O-].[H+].[I][V]([I])[I].[I][V][I]. The number of carboxylic acids is 2. The Bertz CT molecular complexity index is 440. The number of aliphatic carboxylic acids is 2. The van der Waals surface area contributed by atoms with Crippen molar-refractivity contribution in [1.82, 2.24) is 10.4 Å². The average molecular weight is 1080 g/mol. The van der Waals surface area contributed by atoms with Gasteiger partial charge in [0.1, 0.15) is 12.7 Å². The number of nitrogens with zero attached hydrogens (tertiary/aromatic N) is 1. The number of quaternary nitrogens is 1. The van der Waals surface area contributed by atoms with Crippen molar-refractivity contribution in [3.8, 4) is 12.5 Å².